The van der Waals surface area contributed by atoms with Crippen molar-refractivity contribution in [3.63, 3.8) is 0 Å². The third-order valence-electron chi connectivity index (χ3n) is 3.32. The molecule has 1 N–H and O–H groups in total. The van der Waals surface area contributed by atoms with Gasteiger partial charge in [0.05, 0.1) is 9.82 Å². The van der Waals surface area contributed by atoms with Gasteiger partial charge in [0.25, 0.3) is 11.6 Å². The van der Waals surface area contributed by atoms with E-state index in [0.717, 1.165) is 5.69 Å². The fraction of sp³-hybridized carbons (Fsp3) is 0.0588. The Hall–Kier alpha value is -2.78. The van der Waals surface area contributed by atoms with Crippen molar-refractivity contribution < 1.29 is 14.1 Å². The second kappa shape index (κ2) is 7.63. The molecule has 132 valence electrons. The first kappa shape index (κ1) is 18.0. The Labute approximate surface area is 156 Å². The molecule has 0 aliphatic rings. The molecule has 0 unspecified atom stereocenters. The summed E-state index contributed by atoms with van der Waals surface area (Å²) in [4.78, 5) is 27.8. The van der Waals surface area contributed by atoms with E-state index < -0.39 is 16.6 Å². The highest BCUT2D eigenvalue weighted by molar-refractivity contribution is 8.01. The molecule has 0 saturated carbocycles. The Kier molecular flexibility index (Phi) is 5.29. The van der Waals surface area contributed by atoms with Gasteiger partial charge < -0.3 is 5.32 Å². The van der Waals surface area contributed by atoms with E-state index in [1.165, 1.54) is 65.6 Å². The lowest BCUT2D eigenvalue weighted by molar-refractivity contribution is -0.387. The van der Waals surface area contributed by atoms with Gasteiger partial charge in [-0.05, 0) is 43.3 Å². The molecule has 0 aliphatic heterocycles. The summed E-state index contributed by atoms with van der Waals surface area (Å²) >= 11 is 2.58. The zero-order chi connectivity index (χ0) is 18.7. The van der Waals surface area contributed by atoms with Crippen LogP contribution in [0.15, 0.2) is 57.1 Å². The van der Waals surface area contributed by atoms with Gasteiger partial charge in [-0.3, -0.25) is 14.9 Å². The number of aryl methyl sites for hydroxylation is 1. The first-order chi connectivity index (χ1) is 12.4. The predicted octanol–water partition coefficient (Wildman–Crippen LogP) is 4.90. The average Bonchev–Trinajstić information content (AvgIpc) is 3.02. The molecule has 1 aromatic heterocycles. The van der Waals surface area contributed by atoms with Crippen molar-refractivity contribution in [2.45, 2.75) is 16.2 Å². The second-order valence-corrected chi connectivity index (χ2v) is 7.40. The number of hydrogen-bond acceptors (Lipinski definition) is 6. The number of nitro benzene ring substituents is 1. The minimum absolute atomic E-state index is 0.140. The zero-order valence-corrected chi connectivity index (χ0v) is 15.1. The molecule has 1 amide bonds. The summed E-state index contributed by atoms with van der Waals surface area (Å²) in [5.41, 5.74) is 1.21. The number of benzene rings is 2. The Balaban J connectivity index is 1.84. The van der Waals surface area contributed by atoms with Crippen molar-refractivity contribution in [2.75, 3.05) is 5.32 Å². The molecular formula is C17H12FN3O3S2. The van der Waals surface area contributed by atoms with Gasteiger partial charge in [-0.15, -0.1) is 11.3 Å². The molecule has 0 fully saturated rings. The number of anilines is 1. The summed E-state index contributed by atoms with van der Waals surface area (Å²) < 4.78 is 13.6. The Morgan fingerprint density at radius 2 is 2.00 bits per heavy atom. The number of nitro groups is 1. The van der Waals surface area contributed by atoms with E-state index >= 15 is 0 Å². The van der Waals surface area contributed by atoms with Crippen molar-refractivity contribution >= 4 is 40.4 Å². The number of carbonyl (C=O) groups is 1. The van der Waals surface area contributed by atoms with Gasteiger partial charge in [-0.2, -0.15) is 0 Å². The third kappa shape index (κ3) is 4.24. The van der Waals surface area contributed by atoms with Crippen LogP contribution in [0.25, 0.3) is 0 Å². The number of rotatable bonds is 5. The maximum Gasteiger partial charge on any atom is 0.284 e. The Morgan fingerprint density at radius 1 is 1.27 bits per heavy atom. The molecule has 26 heavy (non-hydrogen) atoms. The van der Waals surface area contributed by atoms with E-state index in [-0.39, 0.29) is 11.3 Å². The molecule has 9 heteroatoms. The quantitative estimate of drug-likeness (QED) is 0.495. The van der Waals surface area contributed by atoms with E-state index in [0.29, 0.717) is 14.9 Å². The second-order valence-electron chi connectivity index (χ2n) is 5.26. The first-order valence-electron chi connectivity index (χ1n) is 7.38. The molecule has 1 heterocycles. The van der Waals surface area contributed by atoms with Crippen LogP contribution in [-0.2, 0) is 0 Å². The number of halogens is 1. The van der Waals surface area contributed by atoms with Crippen LogP contribution in [0.1, 0.15) is 16.1 Å². The molecule has 0 saturated heterocycles. The zero-order valence-electron chi connectivity index (χ0n) is 13.4. The number of nitrogens with one attached hydrogen (secondary N) is 1. The van der Waals surface area contributed by atoms with Crippen molar-refractivity contribution in [1.29, 1.82) is 0 Å². The molecule has 0 aliphatic carbocycles. The number of aromatic nitrogens is 1. The molecule has 0 spiro atoms. The summed E-state index contributed by atoms with van der Waals surface area (Å²) in [7, 11) is 0. The number of amides is 1. The fourth-order valence-electron chi connectivity index (χ4n) is 2.10. The lowest BCUT2D eigenvalue weighted by atomic mass is 10.2. The van der Waals surface area contributed by atoms with E-state index in [1.807, 2.05) is 12.3 Å². The van der Waals surface area contributed by atoms with Crippen molar-refractivity contribution in [1.82, 2.24) is 4.98 Å². The largest absolute Gasteiger partial charge is 0.322 e. The van der Waals surface area contributed by atoms with Gasteiger partial charge in [0.15, 0.2) is 4.34 Å². The summed E-state index contributed by atoms with van der Waals surface area (Å²) in [6.07, 6.45) is 0. The van der Waals surface area contributed by atoms with Crippen LogP contribution >= 0.6 is 23.1 Å². The van der Waals surface area contributed by atoms with Crippen LogP contribution in [0.3, 0.4) is 0 Å². The normalized spacial score (nSPS) is 10.5. The van der Waals surface area contributed by atoms with Crippen molar-refractivity contribution in [2.24, 2.45) is 0 Å². The number of carbonyl (C=O) groups excluding carboxylic acids is 1. The standard InChI is InChI=1S/C17H12FN3O3S2/c1-10-9-25-17(19-10)26-15-7-2-11(8-14(15)21(23)24)16(22)20-13-5-3-12(18)4-6-13/h2-9H,1H3,(H,20,22). The van der Waals surface area contributed by atoms with E-state index in [1.54, 1.807) is 0 Å². The average molecular weight is 389 g/mol. The number of thiazole rings is 1. The number of hydrogen-bond donors (Lipinski definition) is 1. The molecule has 3 aromatic rings. The van der Waals surface area contributed by atoms with Gasteiger partial charge in [0, 0.05) is 28.4 Å². The predicted molar refractivity (Wildman–Crippen MR) is 98.4 cm³/mol. The monoisotopic (exact) mass is 389 g/mol. The Bertz CT molecular complexity index is 974. The van der Waals surface area contributed by atoms with Gasteiger partial charge in [0.1, 0.15) is 5.82 Å². The van der Waals surface area contributed by atoms with E-state index in [2.05, 4.69) is 10.3 Å². The SMILES string of the molecule is Cc1csc(Sc2ccc(C(=O)Nc3ccc(F)cc3)cc2[N+](=O)[O-])n1. The smallest absolute Gasteiger partial charge is 0.284 e. The summed E-state index contributed by atoms with van der Waals surface area (Å²) in [6.45, 7) is 1.85. The van der Waals surface area contributed by atoms with Crippen molar-refractivity contribution in [3.05, 3.63) is 75.0 Å². The molecule has 0 radical (unpaired) electrons. The van der Waals surface area contributed by atoms with E-state index in [4.69, 9.17) is 0 Å². The minimum atomic E-state index is -0.530. The first-order valence-corrected chi connectivity index (χ1v) is 9.07. The van der Waals surface area contributed by atoms with Crippen LogP contribution in [0.2, 0.25) is 0 Å². The third-order valence-corrected chi connectivity index (χ3v) is 5.44. The molecule has 3 rings (SSSR count). The highest BCUT2D eigenvalue weighted by Crippen LogP contribution is 2.36. The van der Waals surface area contributed by atoms with Crippen LogP contribution in [0.5, 0.6) is 0 Å². The Morgan fingerprint density at radius 3 is 2.62 bits per heavy atom. The summed E-state index contributed by atoms with van der Waals surface area (Å²) in [5, 5.41) is 15.8. The summed E-state index contributed by atoms with van der Waals surface area (Å²) in [5.74, 6) is -0.932. The summed E-state index contributed by atoms with van der Waals surface area (Å²) in [6, 6.07) is 9.52. The van der Waals surface area contributed by atoms with Crippen molar-refractivity contribution in [3.8, 4) is 0 Å². The van der Waals surface area contributed by atoms with Gasteiger partial charge >= 0.3 is 0 Å². The molecule has 2 aromatic carbocycles. The molecule has 6 nitrogen and oxygen atoms in total. The topological polar surface area (TPSA) is 85.1 Å². The maximum atomic E-state index is 12.9. The van der Waals surface area contributed by atoms with Gasteiger partial charge in [-0.25, -0.2) is 9.37 Å². The lowest BCUT2D eigenvalue weighted by Gasteiger charge is -2.07. The maximum absolute atomic E-state index is 12.9. The highest BCUT2D eigenvalue weighted by atomic mass is 32.2. The highest BCUT2D eigenvalue weighted by Gasteiger charge is 2.19. The molecular weight excluding hydrogens is 377 g/mol. The van der Waals surface area contributed by atoms with Crippen LogP contribution in [0.4, 0.5) is 15.8 Å². The van der Waals surface area contributed by atoms with E-state index in [9.17, 15) is 19.3 Å². The van der Waals surface area contributed by atoms with Crippen LogP contribution in [0, 0.1) is 22.9 Å². The molecule has 0 atom stereocenters. The fourth-order valence-corrected chi connectivity index (χ4v) is 3.98. The number of nitrogens with zero attached hydrogens (tertiary/aromatic N) is 2. The minimum Gasteiger partial charge on any atom is -0.322 e. The van der Waals surface area contributed by atoms with Gasteiger partial charge in [0.2, 0.25) is 0 Å². The van der Waals surface area contributed by atoms with Gasteiger partial charge in [-0.1, -0.05) is 11.8 Å². The van der Waals surface area contributed by atoms with Crippen LogP contribution < -0.4 is 5.32 Å². The van der Waals surface area contributed by atoms with Crippen LogP contribution in [-0.4, -0.2) is 15.8 Å². The lowest BCUT2D eigenvalue weighted by Crippen LogP contribution is -2.12. The molecule has 0 bridgehead atoms.